The highest BCUT2D eigenvalue weighted by Crippen LogP contribution is 2.69. The van der Waals surface area contributed by atoms with Crippen molar-refractivity contribution in [3.05, 3.63) is 11.9 Å². The van der Waals surface area contributed by atoms with Gasteiger partial charge >= 0.3 is 0 Å². The van der Waals surface area contributed by atoms with Crippen molar-refractivity contribution in [3.8, 4) is 0 Å². The molecule has 5 rings (SSSR count). The van der Waals surface area contributed by atoms with Crippen LogP contribution in [0.3, 0.4) is 0 Å². The number of carbonyl (C=O) groups is 1. The Balaban J connectivity index is 1.37. The summed E-state index contributed by atoms with van der Waals surface area (Å²) in [5.74, 6) is 3.46. The van der Waals surface area contributed by atoms with Gasteiger partial charge in [-0.1, -0.05) is 19.1 Å². The zero-order valence-electron chi connectivity index (χ0n) is 19.9. The Hall–Kier alpha value is -1.23. The van der Waals surface area contributed by atoms with Crippen LogP contribution in [0, 0.1) is 47.3 Å². The molecule has 1 N–H and O–H groups in total. The average Bonchev–Trinajstić information content (AvgIpc) is 3.29. The van der Waals surface area contributed by atoms with Gasteiger partial charge in [-0.15, -0.1) is 5.10 Å². The molecule has 4 aliphatic rings. The number of Topliss-reactive ketones (excluding diaryl/α,β-unsaturated/α-hetero) is 1. The lowest BCUT2D eigenvalue weighted by atomic mass is 9.42. The number of aliphatic hydroxyl groups is 1. The van der Waals surface area contributed by atoms with Gasteiger partial charge in [-0.25, -0.2) is 4.68 Å². The van der Waals surface area contributed by atoms with Crippen LogP contribution in [0.15, 0.2) is 6.20 Å². The Morgan fingerprint density at radius 3 is 2.65 bits per heavy atom. The molecule has 0 amide bonds. The van der Waals surface area contributed by atoms with Gasteiger partial charge in [0.05, 0.1) is 17.5 Å². The summed E-state index contributed by atoms with van der Waals surface area (Å²) in [5, 5.41) is 18.9. The van der Waals surface area contributed by atoms with Crippen molar-refractivity contribution in [2.45, 2.75) is 104 Å². The first kappa shape index (κ1) is 21.6. The fraction of sp³-hybridized carbons (Fsp3) is 0.885. The molecule has 4 fully saturated rings. The fourth-order valence-electron chi connectivity index (χ4n) is 9.20. The van der Waals surface area contributed by atoms with E-state index in [0.717, 1.165) is 36.8 Å². The second-order valence-corrected chi connectivity index (χ2v) is 12.1. The summed E-state index contributed by atoms with van der Waals surface area (Å²) < 4.78 is 1.77. The maximum absolute atomic E-state index is 13.4. The molecule has 8 atom stereocenters. The van der Waals surface area contributed by atoms with Crippen LogP contribution in [0.5, 0.6) is 0 Å². The van der Waals surface area contributed by atoms with E-state index in [1.165, 1.54) is 44.9 Å². The Bertz CT molecular complexity index is 847. The van der Waals surface area contributed by atoms with E-state index in [9.17, 15) is 9.90 Å². The predicted molar refractivity (Wildman–Crippen MR) is 120 cm³/mol. The van der Waals surface area contributed by atoms with E-state index in [0.29, 0.717) is 29.6 Å². The standard InChI is InChI=1S/C26H41N3O2/c1-5-26-13-12-24(3,31)14-18(26)6-7-19-20-8-9-22(25(20,4)11-10-21(19)26)23(30)16-29-17(2)15-27-28-29/h15,18-22,31H,5-14,16H2,1-4H3/t18-,19+,20+,21+,22-,24-,25+,26+/m1/s1. The number of hydrogen-bond acceptors (Lipinski definition) is 4. The number of aromatic nitrogens is 3. The number of hydrogen-bond donors (Lipinski definition) is 1. The van der Waals surface area contributed by atoms with Crippen molar-refractivity contribution in [1.29, 1.82) is 0 Å². The first-order chi connectivity index (χ1) is 14.7. The van der Waals surface area contributed by atoms with E-state index in [4.69, 9.17) is 0 Å². The van der Waals surface area contributed by atoms with Crippen molar-refractivity contribution in [1.82, 2.24) is 15.0 Å². The van der Waals surface area contributed by atoms with Crippen LogP contribution in [-0.2, 0) is 11.3 Å². The molecule has 0 radical (unpaired) electrons. The van der Waals surface area contributed by atoms with Gasteiger partial charge in [0, 0.05) is 5.92 Å². The molecular weight excluding hydrogens is 386 g/mol. The largest absolute Gasteiger partial charge is 0.390 e. The Morgan fingerprint density at radius 1 is 1.13 bits per heavy atom. The Morgan fingerprint density at radius 2 is 1.94 bits per heavy atom. The van der Waals surface area contributed by atoms with Gasteiger partial charge in [0.2, 0.25) is 0 Å². The number of carbonyl (C=O) groups excluding carboxylic acids is 1. The highest BCUT2D eigenvalue weighted by Gasteiger charge is 2.62. The van der Waals surface area contributed by atoms with E-state index in [1.54, 1.807) is 10.9 Å². The Kier molecular flexibility index (Phi) is 5.16. The van der Waals surface area contributed by atoms with Crippen LogP contribution in [0.2, 0.25) is 0 Å². The summed E-state index contributed by atoms with van der Waals surface area (Å²) in [6.45, 7) is 9.25. The first-order valence-electron chi connectivity index (χ1n) is 12.8. The van der Waals surface area contributed by atoms with E-state index in [1.807, 2.05) is 6.92 Å². The van der Waals surface area contributed by atoms with Crippen LogP contribution >= 0.6 is 0 Å². The lowest BCUT2D eigenvalue weighted by molar-refractivity contribution is -0.158. The molecule has 0 bridgehead atoms. The highest BCUT2D eigenvalue weighted by molar-refractivity contribution is 5.82. The molecule has 4 aliphatic carbocycles. The zero-order chi connectivity index (χ0) is 22.0. The van der Waals surface area contributed by atoms with Crippen molar-refractivity contribution in [3.63, 3.8) is 0 Å². The SMILES string of the molecule is CC[C@]12CC[C@@](C)(O)C[C@H]1CC[C@H]1[C@@H]3CC[C@H](C(=O)Cn4nncc4C)[C@@]3(C)CC[C@@H]12. The van der Waals surface area contributed by atoms with Gasteiger partial charge in [0.1, 0.15) is 6.54 Å². The minimum atomic E-state index is -0.469. The molecule has 0 aromatic carbocycles. The summed E-state index contributed by atoms with van der Waals surface area (Å²) in [6.07, 6.45) is 13.4. The van der Waals surface area contributed by atoms with Crippen molar-refractivity contribution in [2.75, 3.05) is 0 Å². The normalized spacial score (nSPS) is 46.8. The first-order valence-corrected chi connectivity index (χ1v) is 12.8. The number of fused-ring (bicyclic) bond motifs is 5. The van der Waals surface area contributed by atoms with E-state index >= 15 is 0 Å². The summed E-state index contributed by atoms with van der Waals surface area (Å²) >= 11 is 0. The van der Waals surface area contributed by atoms with Crippen LogP contribution in [-0.4, -0.2) is 31.5 Å². The lowest BCUT2D eigenvalue weighted by Crippen LogP contribution is -2.56. The Labute approximate surface area is 187 Å². The number of aryl methyl sites for hydroxylation is 1. The molecule has 5 heteroatoms. The summed E-state index contributed by atoms with van der Waals surface area (Å²) in [6, 6.07) is 0. The summed E-state index contributed by atoms with van der Waals surface area (Å²) in [7, 11) is 0. The molecule has 172 valence electrons. The molecule has 1 heterocycles. The molecule has 1 aromatic rings. The van der Waals surface area contributed by atoms with Gasteiger partial charge in [0.15, 0.2) is 5.78 Å². The van der Waals surface area contributed by atoms with Crippen LogP contribution < -0.4 is 0 Å². The van der Waals surface area contributed by atoms with Gasteiger partial charge in [-0.05, 0) is 113 Å². The molecule has 5 nitrogen and oxygen atoms in total. The molecule has 0 spiro atoms. The summed E-state index contributed by atoms with van der Waals surface area (Å²) in [5.41, 5.74) is 1.07. The van der Waals surface area contributed by atoms with Gasteiger partial charge in [0.25, 0.3) is 0 Å². The average molecular weight is 428 g/mol. The molecule has 31 heavy (non-hydrogen) atoms. The van der Waals surface area contributed by atoms with E-state index in [2.05, 4.69) is 31.1 Å². The topological polar surface area (TPSA) is 68.0 Å². The zero-order valence-corrected chi connectivity index (χ0v) is 19.9. The molecule has 0 unspecified atom stereocenters. The predicted octanol–water partition coefficient (Wildman–Crippen LogP) is 4.96. The van der Waals surface area contributed by atoms with Crippen molar-refractivity contribution < 1.29 is 9.90 Å². The molecule has 0 saturated heterocycles. The third-order valence-corrected chi connectivity index (χ3v) is 10.8. The van der Waals surface area contributed by atoms with E-state index < -0.39 is 5.60 Å². The van der Waals surface area contributed by atoms with Gasteiger partial charge in [-0.2, -0.15) is 0 Å². The van der Waals surface area contributed by atoms with Crippen molar-refractivity contribution >= 4 is 5.78 Å². The monoisotopic (exact) mass is 427 g/mol. The van der Waals surface area contributed by atoms with Gasteiger partial charge < -0.3 is 5.11 Å². The van der Waals surface area contributed by atoms with Crippen LogP contribution in [0.4, 0.5) is 0 Å². The highest BCUT2D eigenvalue weighted by atomic mass is 16.3. The minimum absolute atomic E-state index is 0.147. The lowest BCUT2D eigenvalue weighted by Gasteiger charge is -2.63. The molecule has 4 saturated carbocycles. The smallest absolute Gasteiger partial charge is 0.157 e. The van der Waals surface area contributed by atoms with Crippen LogP contribution in [0.25, 0.3) is 0 Å². The quantitative estimate of drug-likeness (QED) is 0.738. The molecule has 1 aromatic heterocycles. The number of rotatable bonds is 4. The van der Waals surface area contributed by atoms with E-state index in [-0.39, 0.29) is 11.3 Å². The maximum atomic E-state index is 13.4. The third kappa shape index (κ3) is 3.24. The van der Waals surface area contributed by atoms with Crippen molar-refractivity contribution in [2.24, 2.45) is 40.4 Å². The number of ketones is 1. The van der Waals surface area contributed by atoms with Gasteiger partial charge in [-0.3, -0.25) is 4.79 Å². The summed E-state index contributed by atoms with van der Waals surface area (Å²) in [4.78, 5) is 13.4. The number of nitrogens with zero attached hydrogens (tertiary/aromatic N) is 3. The minimum Gasteiger partial charge on any atom is -0.390 e. The fourth-order valence-corrected chi connectivity index (χ4v) is 9.20. The second kappa shape index (κ2) is 7.40. The third-order valence-electron chi connectivity index (χ3n) is 10.8. The molecular formula is C26H41N3O2. The maximum Gasteiger partial charge on any atom is 0.157 e. The second-order valence-electron chi connectivity index (χ2n) is 12.1. The van der Waals surface area contributed by atoms with Crippen LogP contribution in [0.1, 0.15) is 90.7 Å². The molecule has 0 aliphatic heterocycles.